The molecule has 10 heteroatoms. The summed E-state index contributed by atoms with van der Waals surface area (Å²) in [6.45, 7) is 0. The Morgan fingerprint density at radius 3 is 2.53 bits per heavy atom. The number of hydrogen-bond acceptors (Lipinski definition) is 5. The molecular formula is C24H13F2N5O3. The summed E-state index contributed by atoms with van der Waals surface area (Å²) in [6.07, 6.45) is 4.91. The van der Waals surface area contributed by atoms with Gasteiger partial charge in [0.25, 0.3) is 0 Å². The molecule has 6 rings (SSSR count). The Hall–Kier alpha value is -4.86. The van der Waals surface area contributed by atoms with Crippen LogP contribution in [0.4, 0.5) is 8.78 Å². The number of halogens is 2. The predicted molar refractivity (Wildman–Crippen MR) is 117 cm³/mol. The number of fused-ring (bicyclic) bond motifs is 2. The van der Waals surface area contributed by atoms with E-state index >= 15 is 0 Å². The van der Waals surface area contributed by atoms with Gasteiger partial charge in [-0.2, -0.15) is 4.98 Å². The molecule has 4 aromatic heterocycles. The molecule has 0 aliphatic rings. The third-order valence-corrected chi connectivity index (χ3v) is 5.51. The molecule has 0 aliphatic carbocycles. The fourth-order valence-corrected chi connectivity index (χ4v) is 3.91. The zero-order valence-corrected chi connectivity index (χ0v) is 17.2. The van der Waals surface area contributed by atoms with Gasteiger partial charge in [-0.25, -0.2) is 13.6 Å². The Kier molecular flexibility index (Phi) is 4.27. The van der Waals surface area contributed by atoms with E-state index < -0.39 is 11.8 Å². The first-order valence-electron chi connectivity index (χ1n) is 10.1. The number of aromatic carboxylic acids is 1. The summed E-state index contributed by atoms with van der Waals surface area (Å²) in [5, 5.41) is 17.5. The molecule has 0 saturated carbocycles. The number of pyridine rings is 1. The number of imidazole rings is 1. The summed E-state index contributed by atoms with van der Waals surface area (Å²) in [6, 6.07) is 12.9. The second kappa shape index (κ2) is 7.34. The lowest BCUT2D eigenvalue weighted by atomic mass is 10.1. The zero-order valence-electron chi connectivity index (χ0n) is 17.2. The van der Waals surface area contributed by atoms with Crippen molar-refractivity contribution in [3.63, 3.8) is 0 Å². The highest BCUT2D eigenvalue weighted by atomic mass is 19.1. The second-order valence-electron chi connectivity index (χ2n) is 7.54. The summed E-state index contributed by atoms with van der Waals surface area (Å²) in [4.78, 5) is 15.9. The topological polar surface area (TPSA) is 97.9 Å². The lowest BCUT2D eigenvalue weighted by Crippen LogP contribution is -2.00. The van der Waals surface area contributed by atoms with E-state index in [4.69, 9.17) is 4.42 Å². The molecule has 4 heterocycles. The number of oxazole rings is 1. The van der Waals surface area contributed by atoms with Crippen LogP contribution in [0.1, 0.15) is 10.4 Å². The van der Waals surface area contributed by atoms with Gasteiger partial charge in [-0.05, 0) is 54.6 Å². The first-order chi connectivity index (χ1) is 16.5. The van der Waals surface area contributed by atoms with Crippen LogP contribution in [0.3, 0.4) is 0 Å². The predicted octanol–water partition coefficient (Wildman–Crippen LogP) is 4.95. The first kappa shape index (κ1) is 19.8. The van der Waals surface area contributed by atoms with Gasteiger partial charge in [0, 0.05) is 23.5 Å². The lowest BCUT2D eigenvalue weighted by Gasteiger charge is -2.08. The van der Waals surface area contributed by atoms with Gasteiger partial charge in [-0.3, -0.25) is 8.80 Å². The van der Waals surface area contributed by atoms with Crippen molar-refractivity contribution in [2.45, 2.75) is 0 Å². The van der Waals surface area contributed by atoms with E-state index in [0.29, 0.717) is 34.0 Å². The van der Waals surface area contributed by atoms with Gasteiger partial charge in [-0.1, -0.05) is 0 Å². The van der Waals surface area contributed by atoms with E-state index in [9.17, 15) is 18.7 Å². The molecule has 8 nitrogen and oxygen atoms in total. The molecule has 0 amide bonds. The van der Waals surface area contributed by atoms with Crippen LogP contribution in [0.15, 0.2) is 77.7 Å². The Bertz CT molecular complexity index is 1720. The van der Waals surface area contributed by atoms with E-state index in [0.717, 1.165) is 6.07 Å². The van der Waals surface area contributed by atoms with Gasteiger partial charge in [0.1, 0.15) is 23.6 Å². The maximum Gasteiger partial charge on any atom is 0.335 e. The number of aromatic nitrogens is 5. The van der Waals surface area contributed by atoms with Crippen molar-refractivity contribution in [2.24, 2.45) is 0 Å². The molecular weight excluding hydrogens is 444 g/mol. The average molecular weight is 457 g/mol. The lowest BCUT2D eigenvalue weighted by molar-refractivity contribution is 0.0697. The number of nitrogens with zero attached hydrogens (tertiary/aromatic N) is 5. The first-order valence-corrected chi connectivity index (χ1v) is 10.1. The van der Waals surface area contributed by atoms with Crippen molar-refractivity contribution in [2.75, 3.05) is 0 Å². The molecule has 0 saturated heterocycles. The van der Waals surface area contributed by atoms with Crippen LogP contribution >= 0.6 is 0 Å². The summed E-state index contributed by atoms with van der Waals surface area (Å²) in [5.74, 6) is -1.68. The van der Waals surface area contributed by atoms with Gasteiger partial charge in [0.2, 0.25) is 0 Å². The molecule has 166 valence electrons. The molecule has 0 atom stereocenters. The van der Waals surface area contributed by atoms with Crippen LogP contribution in [0.2, 0.25) is 0 Å². The smallest absolute Gasteiger partial charge is 0.335 e. The van der Waals surface area contributed by atoms with Crippen molar-refractivity contribution < 1.29 is 23.1 Å². The van der Waals surface area contributed by atoms with Crippen LogP contribution < -0.4 is 0 Å². The molecule has 2 aromatic carbocycles. The Morgan fingerprint density at radius 2 is 1.74 bits per heavy atom. The summed E-state index contributed by atoms with van der Waals surface area (Å²) in [7, 11) is 0. The molecule has 0 unspecified atom stereocenters. The largest absolute Gasteiger partial charge is 0.478 e. The van der Waals surface area contributed by atoms with Gasteiger partial charge in [-0.15, -0.1) is 10.2 Å². The molecule has 0 spiro atoms. The molecule has 0 radical (unpaired) electrons. The standard InChI is InChI=1S/C24H13F2N5O3/c25-16-5-1-13(2-6-16)20-21(30-9-10-34-24(30)27-20)15-4-8-19-28-29-22(31(19)12-15)17-11-14(23(32)33)3-7-18(17)26/h1-12H,(H,32,33). The molecule has 0 aliphatic heterocycles. The van der Waals surface area contributed by atoms with Crippen LogP contribution in [0.5, 0.6) is 0 Å². The highest BCUT2D eigenvalue weighted by Crippen LogP contribution is 2.34. The van der Waals surface area contributed by atoms with Crippen LogP contribution in [0, 0.1) is 11.6 Å². The molecule has 0 fully saturated rings. The van der Waals surface area contributed by atoms with Crippen LogP contribution in [-0.4, -0.2) is 35.1 Å². The van der Waals surface area contributed by atoms with Crippen molar-refractivity contribution in [3.05, 3.63) is 90.5 Å². The normalized spacial score (nSPS) is 11.5. The van der Waals surface area contributed by atoms with Crippen molar-refractivity contribution >= 4 is 17.5 Å². The SMILES string of the molecule is O=C(O)c1ccc(F)c(-c2nnc3ccc(-c4c(-c5ccc(F)cc5)nc5occn45)cn23)c1. The van der Waals surface area contributed by atoms with Gasteiger partial charge >= 0.3 is 11.8 Å². The number of hydrogen-bond donors (Lipinski definition) is 1. The average Bonchev–Trinajstić information content (AvgIpc) is 3.54. The molecule has 34 heavy (non-hydrogen) atoms. The van der Waals surface area contributed by atoms with Crippen LogP contribution in [-0.2, 0) is 0 Å². The van der Waals surface area contributed by atoms with E-state index in [1.807, 2.05) is 0 Å². The second-order valence-corrected chi connectivity index (χ2v) is 7.54. The summed E-state index contributed by atoms with van der Waals surface area (Å²) < 4.78 is 36.9. The third-order valence-electron chi connectivity index (χ3n) is 5.51. The molecule has 0 bridgehead atoms. The number of carboxylic acids is 1. The van der Waals surface area contributed by atoms with Gasteiger partial charge in [0.05, 0.1) is 16.8 Å². The number of carboxylic acid groups (broad SMARTS) is 1. The fourth-order valence-electron chi connectivity index (χ4n) is 3.91. The molecule has 6 aromatic rings. The van der Waals surface area contributed by atoms with Crippen molar-refractivity contribution in [1.29, 1.82) is 0 Å². The highest BCUT2D eigenvalue weighted by molar-refractivity contribution is 5.89. The fraction of sp³-hybridized carbons (Fsp3) is 0. The van der Waals surface area contributed by atoms with Gasteiger partial charge < -0.3 is 9.52 Å². The summed E-state index contributed by atoms with van der Waals surface area (Å²) >= 11 is 0. The number of benzene rings is 2. The minimum Gasteiger partial charge on any atom is -0.478 e. The van der Waals surface area contributed by atoms with E-state index in [1.165, 1.54) is 30.5 Å². The Labute approximate surface area is 189 Å². The Balaban J connectivity index is 1.58. The van der Waals surface area contributed by atoms with Crippen molar-refractivity contribution in [1.82, 2.24) is 24.0 Å². The zero-order chi connectivity index (χ0) is 23.4. The molecule has 1 N–H and O–H groups in total. The van der Waals surface area contributed by atoms with Gasteiger partial charge in [0.15, 0.2) is 11.5 Å². The Morgan fingerprint density at radius 1 is 0.941 bits per heavy atom. The van der Waals surface area contributed by atoms with E-state index in [1.54, 1.807) is 45.5 Å². The van der Waals surface area contributed by atoms with Crippen LogP contribution in [0.25, 0.3) is 45.4 Å². The number of carbonyl (C=O) groups is 1. The third kappa shape index (κ3) is 3.04. The minimum atomic E-state index is -1.18. The number of rotatable bonds is 4. The summed E-state index contributed by atoms with van der Waals surface area (Å²) in [5.41, 5.74) is 2.96. The van der Waals surface area contributed by atoms with Crippen molar-refractivity contribution in [3.8, 4) is 33.9 Å². The van der Waals surface area contributed by atoms with E-state index in [2.05, 4.69) is 15.2 Å². The van der Waals surface area contributed by atoms with E-state index in [-0.39, 0.29) is 22.8 Å². The highest BCUT2D eigenvalue weighted by Gasteiger charge is 2.20. The quantitative estimate of drug-likeness (QED) is 0.402. The monoisotopic (exact) mass is 457 g/mol. The maximum absolute atomic E-state index is 14.7. The maximum atomic E-state index is 14.7. The minimum absolute atomic E-state index is 0.00468.